The summed E-state index contributed by atoms with van der Waals surface area (Å²) in [6, 6.07) is 16.6. The molecule has 1 amide bonds. The summed E-state index contributed by atoms with van der Waals surface area (Å²) in [5.41, 5.74) is 1.87. The average Bonchev–Trinajstić information content (AvgIpc) is 3.20. The molecule has 2 heterocycles. The van der Waals surface area contributed by atoms with Gasteiger partial charge in [-0.05, 0) is 43.3 Å². The number of benzene rings is 2. The molecule has 0 saturated carbocycles. The Hall–Kier alpha value is -2.97. The van der Waals surface area contributed by atoms with Crippen molar-refractivity contribution in [3.63, 3.8) is 0 Å². The van der Waals surface area contributed by atoms with Gasteiger partial charge in [0, 0.05) is 18.3 Å². The van der Waals surface area contributed by atoms with Crippen LogP contribution in [0.5, 0.6) is 11.5 Å². The second-order valence-electron chi connectivity index (χ2n) is 7.15. The van der Waals surface area contributed by atoms with E-state index >= 15 is 0 Å². The summed E-state index contributed by atoms with van der Waals surface area (Å²) in [6.45, 7) is 1.76. The quantitative estimate of drug-likeness (QED) is 0.731. The third kappa shape index (κ3) is 4.38. The van der Waals surface area contributed by atoms with E-state index in [0.717, 1.165) is 11.4 Å². The highest BCUT2D eigenvalue weighted by molar-refractivity contribution is 7.91. The number of anilines is 1. The zero-order valence-electron chi connectivity index (χ0n) is 16.0. The largest absolute Gasteiger partial charge is 0.457 e. The fourth-order valence-corrected chi connectivity index (χ4v) is 5.20. The molecule has 0 aromatic heterocycles. The standard InChI is InChI=1S/C21H21N3O4S/c1-15-20(21(25)24(23-15)17-11-12-29(26,27)14-17)13-22-16-7-9-19(10-8-16)28-18-5-3-2-4-6-18/h2-10,13,17,22H,11-12,14H2,1H3/p+1/b20-13+/t17-/m0/s1. The van der Waals surface area contributed by atoms with Crippen LogP contribution < -0.4 is 15.1 Å². The molecule has 4 rings (SSSR count). The number of quaternary nitrogens is 1. The van der Waals surface area contributed by atoms with Gasteiger partial charge in [0.05, 0.1) is 5.75 Å². The maximum Gasteiger partial charge on any atom is 0.374 e. The predicted molar refractivity (Wildman–Crippen MR) is 111 cm³/mol. The van der Waals surface area contributed by atoms with Gasteiger partial charge in [0.25, 0.3) is 0 Å². The van der Waals surface area contributed by atoms with E-state index in [1.165, 1.54) is 0 Å². The Kier molecular flexibility index (Phi) is 5.21. The molecule has 2 aliphatic heterocycles. The second-order valence-corrected chi connectivity index (χ2v) is 9.38. The smallest absolute Gasteiger partial charge is 0.374 e. The van der Waals surface area contributed by atoms with Gasteiger partial charge >= 0.3 is 5.91 Å². The van der Waals surface area contributed by atoms with Crippen LogP contribution in [-0.2, 0) is 14.6 Å². The summed E-state index contributed by atoms with van der Waals surface area (Å²) in [7, 11) is -3.06. The molecule has 0 radical (unpaired) electrons. The lowest BCUT2D eigenvalue weighted by Crippen LogP contribution is -3.13. The first-order valence-electron chi connectivity index (χ1n) is 9.38. The van der Waals surface area contributed by atoms with Crippen LogP contribution in [0.25, 0.3) is 0 Å². The number of hydrogen-bond acceptors (Lipinski definition) is 6. The summed E-state index contributed by atoms with van der Waals surface area (Å²) in [6.07, 6.45) is 2.09. The maximum atomic E-state index is 12.7. The van der Waals surface area contributed by atoms with Gasteiger partial charge in [-0.1, -0.05) is 23.3 Å². The molecular formula is C21H22N3O4S+. The van der Waals surface area contributed by atoms with Crippen molar-refractivity contribution < 1.29 is 23.0 Å². The minimum atomic E-state index is -3.06. The van der Waals surface area contributed by atoms with E-state index in [1.807, 2.05) is 54.6 Å². The van der Waals surface area contributed by atoms with E-state index < -0.39 is 9.84 Å². The van der Waals surface area contributed by atoms with Crippen molar-refractivity contribution in [2.75, 3.05) is 16.8 Å². The van der Waals surface area contributed by atoms with Crippen molar-refractivity contribution in [1.29, 1.82) is 0 Å². The van der Waals surface area contributed by atoms with E-state index in [1.54, 1.807) is 13.1 Å². The lowest BCUT2D eigenvalue weighted by Gasteiger charge is -2.11. The molecule has 8 heteroatoms. The number of hydrogen-bond donors (Lipinski definition) is 2. The van der Waals surface area contributed by atoms with E-state index in [2.05, 4.69) is 10.4 Å². The highest BCUT2D eigenvalue weighted by Crippen LogP contribution is 2.22. The monoisotopic (exact) mass is 412 g/mol. The lowest BCUT2D eigenvalue weighted by atomic mass is 10.1. The number of carbonyl (C=O) groups is 1. The Labute approximate surface area is 169 Å². The molecular weight excluding hydrogens is 390 g/mol. The first-order chi connectivity index (χ1) is 13.9. The molecule has 29 heavy (non-hydrogen) atoms. The van der Waals surface area contributed by atoms with Crippen molar-refractivity contribution in [3.05, 3.63) is 66.4 Å². The number of nitrogens with one attached hydrogen (secondary N) is 2. The molecule has 0 spiro atoms. The van der Waals surface area contributed by atoms with Gasteiger partial charge in [0.1, 0.15) is 34.6 Å². The molecule has 1 saturated heterocycles. The minimum Gasteiger partial charge on any atom is -0.457 e. The summed E-state index contributed by atoms with van der Waals surface area (Å²) in [5.74, 6) is 1.41. The fraction of sp³-hybridized carbons (Fsp3) is 0.238. The van der Waals surface area contributed by atoms with E-state index in [4.69, 9.17) is 4.74 Å². The molecule has 0 aliphatic carbocycles. The molecule has 2 aromatic carbocycles. The number of carbonyl (C=O) groups excluding carboxylic acids is 1. The molecule has 7 nitrogen and oxygen atoms in total. The van der Waals surface area contributed by atoms with Crippen molar-refractivity contribution in [2.24, 2.45) is 5.10 Å². The van der Waals surface area contributed by atoms with Crippen LogP contribution in [0.4, 0.5) is 5.69 Å². The minimum absolute atomic E-state index is 0.00837. The highest BCUT2D eigenvalue weighted by atomic mass is 32.2. The Bertz CT molecular complexity index is 1080. The van der Waals surface area contributed by atoms with E-state index in [0.29, 0.717) is 28.5 Å². The van der Waals surface area contributed by atoms with Crippen LogP contribution in [-0.4, -0.2) is 37.6 Å². The van der Waals surface area contributed by atoms with Crippen molar-refractivity contribution in [3.8, 4) is 11.5 Å². The zero-order valence-corrected chi connectivity index (χ0v) is 16.8. The number of nitrogens with zero attached hydrogens (tertiary/aromatic N) is 1. The molecule has 150 valence electrons. The van der Waals surface area contributed by atoms with E-state index in [-0.39, 0.29) is 23.5 Å². The SMILES string of the molecule is CC1=N[NH+]([C@H]2CCS(=O)(=O)C2)C(=O)/C1=C/Nc1ccc(Oc2ccccc2)cc1. The second kappa shape index (κ2) is 7.81. The number of amides is 1. The van der Waals surface area contributed by atoms with Crippen molar-refractivity contribution in [2.45, 2.75) is 19.4 Å². The highest BCUT2D eigenvalue weighted by Gasteiger charge is 2.44. The normalized spacial score (nSPS) is 24.5. The number of rotatable bonds is 5. The van der Waals surface area contributed by atoms with Crippen LogP contribution in [0, 0.1) is 0 Å². The number of para-hydroxylation sites is 1. The zero-order chi connectivity index (χ0) is 20.4. The molecule has 1 fully saturated rings. The molecule has 2 atom stereocenters. The van der Waals surface area contributed by atoms with Crippen molar-refractivity contribution >= 4 is 27.1 Å². The van der Waals surface area contributed by atoms with E-state index in [9.17, 15) is 13.2 Å². The predicted octanol–water partition coefficient (Wildman–Crippen LogP) is 1.76. The molecule has 1 unspecified atom stereocenters. The van der Waals surface area contributed by atoms with Crippen LogP contribution in [0.1, 0.15) is 13.3 Å². The molecule has 2 N–H and O–H groups in total. The van der Waals surface area contributed by atoms with Gasteiger partial charge in [-0.15, -0.1) is 5.01 Å². The summed E-state index contributed by atoms with van der Waals surface area (Å²) >= 11 is 0. The van der Waals surface area contributed by atoms with Crippen LogP contribution >= 0.6 is 0 Å². The third-order valence-corrected chi connectivity index (χ3v) is 6.76. The van der Waals surface area contributed by atoms with Gasteiger partial charge < -0.3 is 10.1 Å². The van der Waals surface area contributed by atoms with Gasteiger partial charge in [-0.2, -0.15) is 0 Å². The molecule has 2 aliphatic rings. The van der Waals surface area contributed by atoms with Crippen LogP contribution in [0.2, 0.25) is 0 Å². The Balaban J connectivity index is 1.41. The van der Waals surface area contributed by atoms with Gasteiger partial charge in [-0.25, -0.2) is 13.2 Å². The summed E-state index contributed by atoms with van der Waals surface area (Å²) < 4.78 is 29.2. The fourth-order valence-electron chi connectivity index (χ4n) is 3.45. The summed E-state index contributed by atoms with van der Waals surface area (Å²) in [4.78, 5) is 12.7. The number of sulfone groups is 1. The van der Waals surface area contributed by atoms with Crippen LogP contribution in [0.3, 0.4) is 0 Å². The van der Waals surface area contributed by atoms with Gasteiger partial charge in [0.15, 0.2) is 9.84 Å². The third-order valence-electron chi connectivity index (χ3n) is 4.99. The van der Waals surface area contributed by atoms with Gasteiger partial charge in [-0.3, -0.25) is 0 Å². The first kappa shape index (κ1) is 19.4. The maximum absolute atomic E-state index is 12.7. The Morgan fingerprint density at radius 3 is 2.45 bits per heavy atom. The Morgan fingerprint density at radius 2 is 1.79 bits per heavy atom. The topological polar surface area (TPSA) is 89.3 Å². The van der Waals surface area contributed by atoms with Gasteiger partial charge in [0.2, 0.25) is 0 Å². The molecule has 0 bridgehead atoms. The molecule has 2 aromatic rings. The van der Waals surface area contributed by atoms with Crippen LogP contribution in [0.15, 0.2) is 71.5 Å². The number of ether oxygens (including phenoxy) is 1. The summed E-state index contributed by atoms with van der Waals surface area (Å²) in [5, 5.41) is 7.84. The Morgan fingerprint density at radius 1 is 1.10 bits per heavy atom. The van der Waals surface area contributed by atoms with Crippen molar-refractivity contribution in [1.82, 2.24) is 0 Å². The first-order valence-corrected chi connectivity index (χ1v) is 11.2. The average molecular weight is 412 g/mol. The lowest BCUT2D eigenvalue weighted by molar-refractivity contribution is -0.846.